The molecule has 0 aliphatic rings. The molecule has 0 atom stereocenters. The summed E-state index contributed by atoms with van der Waals surface area (Å²) in [5, 5.41) is 12.6. The van der Waals surface area contributed by atoms with E-state index in [0.717, 1.165) is 17.9 Å². The van der Waals surface area contributed by atoms with E-state index >= 15 is 0 Å². The van der Waals surface area contributed by atoms with Gasteiger partial charge >= 0.3 is 0 Å². The standard InChI is InChI=1S/C14H13Cl2N3/c1-2-17-11-4-6-12(7-5-11)18-19-14-9-10(15)3-8-13(14)16/h3-9,17H,2H2,1H3/b19-18+. The third kappa shape index (κ3) is 3.94. The molecular formula is C14H13Cl2N3. The molecule has 0 heterocycles. The van der Waals surface area contributed by atoms with Crippen molar-refractivity contribution in [2.75, 3.05) is 11.9 Å². The van der Waals surface area contributed by atoms with E-state index in [2.05, 4.69) is 22.5 Å². The summed E-state index contributed by atoms with van der Waals surface area (Å²) >= 11 is 11.9. The van der Waals surface area contributed by atoms with E-state index in [0.29, 0.717) is 15.7 Å². The fraction of sp³-hybridized carbons (Fsp3) is 0.143. The Hall–Kier alpha value is -1.58. The van der Waals surface area contributed by atoms with Gasteiger partial charge in [-0.2, -0.15) is 5.11 Å². The van der Waals surface area contributed by atoms with Gasteiger partial charge in [0.2, 0.25) is 0 Å². The minimum absolute atomic E-state index is 0.525. The molecule has 5 heteroatoms. The molecule has 98 valence electrons. The number of nitrogens with one attached hydrogen (secondary N) is 1. The summed E-state index contributed by atoms with van der Waals surface area (Å²) in [5.41, 5.74) is 2.38. The van der Waals surface area contributed by atoms with Crippen molar-refractivity contribution < 1.29 is 0 Å². The fourth-order valence-corrected chi connectivity index (χ4v) is 1.85. The van der Waals surface area contributed by atoms with Crippen LogP contribution in [-0.2, 0) is 0 Å². The fourth-order valence-electron chi connectivity index (χ4n) is 1.52. The first-order valence-electron chi connectivity index (χ1n) is 5.90. The summed E-state index contributed by atoms with van der Waals surface area (Å²) in [4.78, 5) is 0. The molecule has 0 bridgehead atoms. The number of anilines is 1. The second-order valence-electron chi connectivity index (χ2n) is 3.87. The van der Waals surface area contributed by atoms with Crippen molar-refractivity contribution in [3.05, 3.63) is 52.5 Å². The van der Waals surface area contributed by atoms with Crippen LogP contribution in [0, 0.1) is 0 Å². The maximum atomic E-state index is 6.01. The van der Waals surface area contributed by atoms with Crippen LogP contribution in [-0.4, -0.2) is 6.54 Å². The van der Waals surface area contributed by atoms with E-state index in [4.69, 9.17) is 23.2 Å². The highest BCUT2D eigenvalue weighted by atomic mass is 35.5. The van der Waals surface area contributed by atoms with Crippen LogP contribution >= 0.6 is 23.2 Å². The summed E-state index contributed by atoms with van der Waals surface area (Å²) < 4.78 is 0. The Morgan fingerprint density at radius 1 is 1.00 bits per heavy atom. The normalized spacial score (nSPS) is 10.9. The van der Waals surface area contributed by atoms with E-state index in [1.807, 2.05) is 24.3 Å². The summed E-state index contributed by atoms with van der Waals surface area (Å²) in [6, 6.07) is 12.8. The van der Waals surface area contributed by atoms with E-state index < -0.39 is 0 Å². The third-order valence-electron chi connectivity index (χ3n) is 2.43. The van der Waals surface area contributed by atoms with Gasteiger partial charge in [0.15, 0.2) is 0 Å². The second kappa shape index (κ2) is 6.55. The average Bonchev–Trinajstić information content (AvgIpc) is 2.42. The van der Waals surface area contributed by atoms with Gasteiger partial charge in [0.25, 0.3) is 0 Å². The highest BCUT2D eigenvalue weighted by Gasteiger charge is 1.99. The predicted molar refractivity (Wildman–Crippen MR) is 81.2 cm³/mol. The second-order valence-corrected chi connectivity index (χ2v) is 4.72. The molecule has 3 nitrogen and oxygen atoms in total. The summed E-state index contributed by atoms with van der Waals surface area (Å²) in [6.07, 6.45) is 0. The number of nitrogens with zero attached hydrogens (tertiary/aromatic N) is 2. The van der Waals surface area contributed by atoms with Crippen molar-refractivity contribution >= 4 is 40.3 Å². The first-order chi connectivity index (χ1) is 9.19. The van der Waals surface area contributed by atoms with Crippen molar-refractivity contribution in [2.45, 2.75) is 6.92 Å². The molecule has 2 aromatic carbocycles. The zero-order chi connectivity index (χ0) is 13.7. The number of azo groups is 1. The predicted octanol–water partition coefficient (Wildman–Crippen LogP) is 5.84. The SMILES string of the molecule is CCNc1ccc(/N=N/c2cc(Cl)ccc2Cl)cc1. The van der Waals surface area contributed by atoms with Gasteiger partial charge in [-0.15, -0.1) is 5.11 Å². The summed E-state index contributed by atoms with van der Waals surface area (Å²) in [5.74, 6) is 0. The Kier molecular flexibility index (Phi) is 4.77. The summed E-state index contributed by atoms with van der Waals surface area (Å²) in [6.45, 7) is 2.94. The lowest BCUT2D eigenvalue weighted by Gasteiger charge is -2.02. The molecule has 0 radical (unpaired) electrons. The molecule has 1 N–H and O–H groups in total. The lowest BCUT2D eigenvalue weighted by molar-refractivity contribution is 1.20. The Morgan fingerprint density at radius 3 is 2.42 bits per heavy atom. The Morgan fingerprint density at radius 2 is 1.74 bits per heavy atom. The average molecular weight is 294 g/mol. The van der Waals surface area contributed by atoms with Crippen LogP contribution in [0.25, 0.3) is 0 Å². The van der Waals surface area contributed by atoms with Gasteiger partial charge in [-0.25, -0.2) is 0 Å². The van der Waals surface area contributed by atoms with Crippen LogP contribution in [0.4, 0.5) is 17.1 Å². The van der Waals surface area contributed by atoms with Crippen molar-refractivity contribution in [3.63, 3.8) is 0 Å². The van der Waals surface area contributed by atoms with Crippen LogP contribution in [0.3, 0.4) is 0 Å². The Bertz CT molecular complexity index is 580. The van der Waals surface area contributed by atoms with E-state index in [9.17, 15) is 0 Å². The van der Waals surface area contributed by atoms with Crippen molar-refractivity contribution in [1.82, 2.24) is 0 Å². The molecule has 0 saturated carbocycles. The van der Waals surface area contributed by atoms with Crippen LogP contribution in [0.1, 0.15) is 6.92 Å². The molecule has 2 aromatic rings. The van der Waals surface area contributed by atoms with E-state index in [1.165, 1.54) is 0 Å². The smallest absolute Gasteiger partial charge is 0.106 e. The molecule has 0 amide bonds. The quantitative estimate of drug-likeness (QED) is 0.706. The van der Waals surface area contributed by atoms with Crippen LogP contribution < -0.4 is 5.32 Å². The number of rotatable bonds is 4. The topological polar surface area (TPSA) is 36.8 Å². The molecule has 19 heavy (non-hydrogen) atoms. The first-order valence-corrected chi connectivity index (χ1v) is 6.65. The van der Waals surface area contributed by atoms with Crippen molar-refractivity contribution in [2.24, 2.45) is 10.2 Å². The van der Waals surface area contributed by atoms with Crippen LogP contribution in [0.15, 0.2) is 52.7 Å². The van der Waals surface area contributed by atoms with Crippen molar-refractivity contribution in [1.29, 1.82) is 0 Å². The van der Waals surface area contributed by atoms with Gasteiger partial charge in [-0.1, -0.05) is 23.2 Å². The van der Waals surface area contributed by atoms with Gasteiger partial charge in [-0.05, 0) is 49.4 Å². The monoisotopic (exact) mass is 293 g/mol. The Balaban J connectivity index is 2.15. The number of halogens is 2. The largest absolute Gasteiger partial charge is 0.385 e. The van der Waals surface area contributed by atoms with Crippen LogP contribution in [0.2, 0.25) is 10.0 Å². The zero-order valence-electron chi connectivity index (χ0n) is 10.4. The van der Waals surface area contributed by atoms with Gasteiger partial charge in [0.05, 0.1) is 10.7 Å². The lowest BCUT2D eigenvalue weighted by atomic mass is 10.3. The molecule has 0 aromatic heterocycles. The lowest BCUT2D eigenvalue weighted by Crippen LogP contribution is -1.94. The van der Waals surface area contributed by atoms with E-state index in [1.54, 1.807) is 18.2 Å². The van der Waals surface area contributed by atoms with Gasteiger partial charge in [0, 0.05) is 17.3 Å². The van der Waals surface area contributed by atoms with Crippen LogP contribution in [0.5, 0.6) is 0 Å². The molecule has 2 rings (SSSR count). The molecule has 0 saturated heterocycles. The third-order valence-corrected chi connectivity index (χ3v) is 2.98. The van der Waals surface area contributed by atoms with Crippen molar-refractivity contribution in [3.8, 4) is 0 Å². The number of benzene rings is 2. The minimum Gasteiger partial charge on any atom is -0.385 e. The molecule has 0 unspecified atom stereocenters. The number of hydrogen-bond acceptors (Lipinski definition) is 3. The highest BCUT2D eigenvalue weighted by molar-refractivity contribution is 6.35. The molecular weight excluding hydrogens is 281 g/mol. The first kappa shape index (κ1) is 13.8. The summed E-state index contributed by atoms with van der Waals surface area (Å²) in [7, 11) is 0. The molecule has 0 aliphatic carbocycles. The number of hydrogen-bond donors (Lipinski definition) is 1. The Labute approximate surface area is 122 Å². The highest BCUT2D eigenvalue weighted by Crippen LogP contribution is 2.29. The molecule has 0 spiro atoms. The van der Waals surface area contributed by atoms with Gasteiger partial charge in [-0.3, -0.25) is 0 Å². The molecule has 0 aliphatic heterocycles. The van der Waals surface area contributed by atoms with Gasteiger partial charge < -0.3 is 5.32 Å². The van der Waals surface area contributed by atoms with Gasteiger partial charge in [0.1, 0.15) is 5.69 Å². The van der Waals surface area contributed by atoms with E-state index in [-0.39, 0.29) is 0 Å². The molecule has 0 fully saturated rings. The maximum absolute atomic E-state index is 6.01. The minimum atomic E-state index is 0.525. The maximum Gasteiger partial charge on any atom is 0.106 e. The zero-order valence-corrected chi connectivity index (χ0v) is 11.9.